The van der Waals surface area contributed by atoms with Crippen LogP contribution in [0.15, 0.2) is 12.2 Å². The Hall–Kier alpha value is -0.380. The Morgan fingerprint density at radius 1 is 1.16 bits per heavy atom. The number of morpholine rings is 1. The Morgan fingerprint density at radius 2 is 1.63 bits per heavy atom. The van der Waals surface area contributed by atoms with Crippen molar-refractivity contribution in [3.63, 3.8) is 0 Å². The second-order valence-electron chi connectivity index (χ2n) is 8.12. The van der Waals surface area contributed by atoms with Crippen molar-refractivity contribution in [3.05, 3.63) is 12.2 Å². The topological polar surface area (TPSA) is 24.5 Å². The summed E-state index contributed by atoms with van der Waals surface area (Å²) in [6.45, 7) is 23.1. The lowest BCUT2D eigenvalue weighted by Gasteiger charge is -2.47. The van der Waals surface area contributed by atoms with E-state index in [4.69, 9.17) is 4.74 Å². The van der Waals surface area contributed by atoms with Crippen molar-refractivity contribution in [1.29, 1.82) is 0 Å². The Kier molecular flexibility index (Phi) is 4.87. The maximum Gasteiger partial charge on any atom is 0.0760 e. The molecule has 19 heavy (non-hydrogen) atoms. The number of hydrogen-bond acceptors (Lipinski definition) is 3. The molecule has 1 N–H and O–H groups in total. The minimum Gasteiger partial charge on any atom is -0.367 e. The van der Waals surface area contributed by atoms with E-state index >= 15 is 0 Å². The van der Waals surface area contributed by atoms with Crippen molar-refractivity contribution in [2.24, 2.45) is 0 Å². The summed E-state index contributed by atoms with van der Waals surface area (Å²) in [5.74, 6) is 0. The normalized spacial score (nSPS) is 23.3. The van der Waals surface area contributed by atoms with Crippen LogP contribution in [0.4, 0.5) is 0 Å². The molecule has 0 amide bonds. The predicted molar refractivity (Wildman–Crippen MR) is 82.6 cm³/mol. The van der Waals surface area contributed by atoms with Gasteiger partial charge in [-0.2, -0.15) is 0 Å². The maximum atomic E-state index is 6.10. The summed E-state index contributed by atoms with van der Waals surface area (Å²) >= 11 is 0. The van der Waals surface area contributed by atoms with Crippen molar-refractivity contribution < 1.29 is 4.74 Å². The van der Waals surface area contributed by atoms with Crippen LogP contribution in [-0.4, -0.2) is 47.8 Å². The third kappa shape index (κ3) is 6.55. The van der Waals surface area contributed by atoms with Crippen molar-refractivity contribution in [3.8, 4) is 0 Å². The molecule has 1 heterocycles. The molecule has 1 rings (SSSR count). The van der Waals surface area contributed by atoms with Gasteiger partial charge in [-0.1, -0.05) is 6.58 Å². The average molecular weight is 268 g/mol. The Balaban J connectivity index is 2.50. The minimum absolute atomic E-state index is 0.0838. The fourth-order valence-electron chi connectivity index (χ4n) is 2.82. The van der Waals surface area contributed by atoms with E-state index in [9.17, 15) is 0 Å². The molecular weight excluding hydrogens is 236 g/mol. The van der Waals surface area contributed by atoms with Crippen LogP contribution in [-0.2, 0) is 4.74 Å². The molecule has 0 aromatic carbocycles. The number of nitrogens with one attached hydrogen (secondary N) is 1. The molecule has 0 saturated carbocycles. The quantitative estimate of drug-likeness (QED) is 0.794. The van der Waals surface area contributed by atoms with Crippen molar-refractivity contribution in [1.82, 2.24) is 10.2 Å². The number of rotatable bonds is 4. The van der Waals surface area contributed by atoms with E-state index in [0.29, 0.717) is 0 Å². The van der Waals surface area contributed by atoms with E-state index in [1.807, 2.05) is 0 Å². The second kappa shape index (κ2) is 5.55. The zero-order chi connectivity index (χ0) is 14.9. The summed E-state index contributed by atoms with van der Waals surface area (Å²) in [7, 11) is 0. The van der Waals surface area contributed by atoms with Gasteiger partial charge in [-0.15, -0.1) is 0 Å². The van der Waals surface area contributed by atoms with Gasteiger partial charge < -0.3 is 10.1 Å². The number of hydrogen-bond donors (Lipinski definition) is 1. The van der Waals surface area contributed by atoms with Gasteiger partial charge in [0, 0.05) is 31.7 Å². The molecule has 0 radical (unpaired) electrons. The van der Waals surface area contributed by atoms with Crippen LogP contribution in [0, 0.1) is 0 Å². The third-order valence-electron chi connectivity index (χ3n) is 3.08. The first kappa shape index (κ1) is 16.7. The van der Waals surface area contributed by atoms with E-state index in [0.717, 1.165) is 26.2 Å². The molecule has 1 aliphatic rings. The molecule has 0 aromatic rings. The fraction of sp³-hybridized carbons (Fsp3) is 0.875. The largest absolute Gasteiger partial charge is 0.367 e. The van der Waals surface area contributed by atoms with E-state index < -0.39 is 0 Å². The summed E-state index contributed by atoms with van der Waals surface area (Å²) in [4.78, 5) is 2.45. The molecule has 3 heteroatoms. The van der Waals surface area contributed by atoms with E-state index in [2.05, 4.69) is 65.3 Å². The van der Waals surface area contributed by atoms with Crippen molar-refractivity contribution in [2.45, 2.75) is 65.2 Å². The van der Waals surface area contributed by atoms with E-state index in [1.54, 1.807) is 0 Å². The Bertz CT molecular complexity index is 310. The molecule has 0 spiro atoms. The Labute approximate surface area is 119 Å². The molecule has 0 aliphatic carbocycles. The van der Waals surface area contributed by atoms with Crippen LogP contribution < -0.4 is 5.32 Å². The molecule has 0 bridgehead atoms. The van der Waals surface area contributed by atoms with Gasteiger partial charge >= 0.3 is 0 Å². The van der Waals surface area contributed by atoms with Gasteiger partial charge in [0.1, 0.15) is 0 Å². The number of ether oxygens (including phenoxy) is 1. The molecule has 0 atom stereocenters. The van der Waals surface area contributed by atoms with Crippen LogP contribution in [0.25, 0.3) is 0 Å². The summed E-state index contributed by atoms with van der Waals surface area (Å²) in [6, 6.07) is 0. The molecule has 3 nitrogen and oxygen atoms in total. The highest BCUT2D eigenvalue weighted by Gasteiger charge is 2.37. The van der Waals surface area contributed by atoms with Crippen LogP contribution in [0.1, 0.15) is 48.5 Å². The first-order valence-electron chi connectivity index (χ1n) is 7.23. The lowest BCUT2D eigenvalue weighted by Crippen LogP contribution is -2.57. The summed E-state index contributed by atoms with van der Waals surface area (Å²) in [5, 5.41) is 3.50. The molecule has 0 unspecified atom stereocenters. The van der Waals surface area contributed by atoms with Crippen molar-refractivity contribution in [2.75, 3.05) is 26.2 Å². The zero-order valence-corrected chi connectivity index (χ0v) is 13.9. The highest BCUT2D eigenvalue weighted by atomic mass is 16.5. The van der Waals surface area contributed by atoms with Gasteiger partial charge in [0.25, 0.3) is 0 Å². The first-order chi connectivity index (χ1) is 8.39. The van der Waals surface area contributed by atoms with Gasteiger partial charge in [-0.05, 0) is 54.0 Å². The highest BCUT2D eigenvalue weighted by molar-refractivity contribution is 5.03. The number of nitrogens with zero attached hydrogens (tertiary/aromatic N) is 1. The minimum atomic E-state index is -0.0838. The first-order valence-corrected chi connectivity index (χ1v) is 7.23. The third-order valence-corrected chi connectivity index (χ3v) is 3.08. The summed E-state index contributed by atoms with van der Waals surface area (Å²) in [5.41, 5.74) is 1.22. The molecule has 112 valence electrons. The van der Waals surface area contributed by atoms with Crippen LogP contribution in [0.2, 0.25) is 0 Å². The molecule has 1 fully saturated rings. The van der Waals surface area contributed by atoms with Crippen molar-refractivity contribution >= 4 is 0 Å². The van der Waals surface area contributed by atoms with Crippen LogP contribution in [0.3, 0.4) is 0 Å². The van der Waals surface area contributed by atoms with Crippen LogP contribution in [0.5, 0.6) is 0 Å². The van der Waals surface area contributed by atoms with Gasteiger partial charge in [-0.25, -0.2) is 0 Å². The molecule has 0 aromatic heterocycles. The zero-order valence-electron chi connectivity index (χ0n) is 13.9. The average Bonchev–Trinajstić information content (AvgIpc) is 2.07. The lowest BCUT2D eigenvalue weighted by molar-refractivity contribution is -0.178. The summed E-state index contributed by atoms with van der Waals surface area (Å²) in [6.07, 6.45) is 0. The second-order valence-corrected chi connectivity index (χ2v) is 8.12. The summed E-state index contributed by atoms with van der Waals surface area (Å²) < 4.78 is 6.10. The molecule has 1 saturated heterocycles. The standard InChI is InChI=1S/C16H32N2O/c1-13(9-17-14(2,3)4)10-18-11-15(5,6)19-16(7,8)12-18/h17H,1,9-12H2,2-8H3. The molecular formula is C16H32N2O. The van der Waals surface area contributed by atoms with Gasteiger partial charge in [0.2, 0.25) is 0 Å². The van der Waals surface area contributed by atoms with E-state index in [1.165, 1.54) is 5.57 Å². The smallest absolute Gasteiger partial charge is 0.0760 e. The highest BCUT2D eigenvalue weighted by Crippen LogP contribution is 2.28. The SMILES string of the molecule is C=C(CNC(C)(C)C)CN1CC(C)(C)OC(C)(C)C1. The van der Waals surface area contributed by atoms with Gasteiger partial charge in [0.05, 0.1) is 11.2 Å². The van der Waals surface area contributed by atoms with Crippen LogP contribution >= 0.6 is 0 Å². The Morgan fingerprint density at radius 3 is 2.05 bits per heavy atom. The van der Waals surface area contributed by atoms with Gasteiger partial charge in [0.15, 0.2) is 0 Å². The predicted octanol–water partition coefficient (Wildman–Crippen LogP) is 2.82. The monoisotopic (exact) mass is 268 g/mol. The molecule has 1 aliphatic heterocycles. The fourth-order valence-corrected chi connectivity index (χ4v) is 2.82. The van der Waals surface area contributed by atoms with Gasteiger partial charge in [-0.3, -0.25) is 4.90 Å². The maximum absolute atomic E-state index is 6.10. The lowest BCUT2D eigenvalue weighted by atomic mass is 9.98. The van der Waals surface area contributed by atoms with E-state index in [-0.39, 0.29) is 16.7 Å².